The van der Waals surface area contributed by atoms with Crippen LogP contribution in [0.25, 0.3) is 0 Å². The maximum Gasteiger partial charge on any atom is 0.118 e. The van der Waals surface area contributed by atoms with E-state index in [0.29, 0.717) is 0 Å². The Bertz CT molecular complexity index is 490. The molecule has 0 fully saturated rings. The minimum Gasteiger partial charge on any atom is -0.497 e. The molecule has 0 aromatic heterocycles. The van der Waals surface area contributed by atoms with Gasteiger partial charge in [0.2, 0.25) is 0 Å². The number of ether oxygens (including phenoxy) is 1. The van der Waals surface area contributed by atoms with E-state index in [1.807, 2.05) is 25.1 Å². The van der Waals surface area contributed by atoms with Crippen molar-refractivity contribution in [1.82, 2.24) is 0 Å². The first kappa shape index (κ1) is 13.6. The van der Waals surface area contributed by atoms with Crippen molar-refractivity contribution in [3.63, 3.8) is 0 Å². The number of hydrogen-bond donors (Lipinski definition) is 1. The molecule has 0 aliphatic carbocycles. The predicted octanol–water partition coefficient (Wildman–Crippen LogP) is 3.38. The number of rotatable bonds is 5. The molecule has 2 unspecified atom stereocenters. The van der Waals surface area contributed by atoms with Crippen LogP contribution in [0.4, 0.5) is 0 Å². The molecule has 2 rings (SSSR count). The SMILES string of the molecule is COc1ccc(C([CH]C(C)N)c2ccccc2)cc1. The number of methoxy groups -OCH3 is 1. The van der Waals surface area contributed by atoms with Gasteiger partial charge >= 0.3 is 0 Å². The van der Waals surface area contributed by atoms with E-state index in [-0.39, 0.29) is 12.0 Å². The molecule has 2 heteroatoms. The minimum absolute atomic E-state index is 0.0484. The van der Waals surface area contributed by atoms with Gasteiger partial charge in [0.1, 0.15) is 5.75 Å². The number of hydrogen-bond acceptors (Lipinski definition) is 2. The quantitative estimate of drug-likeness (QED) is 0.887. The summed E-state index contributed by atoms with van der Waals surface area (Å²) in [4.78, 5) is 0. The van der Waals surface area contributed by atoms with Crippen LogP contribution in [-0.2, 0) is 0 Å². The Morgan fingerprint density at radius 2 is 1.53 bits per heavy atom. The van der Waals surface area contributed by atoms with Crippen LogP contribution in [0.5, 0.6) is 5.75 Å². The molecule has 0 aliphatic rings. The third-order valence-corrected chi connectivity index (χ3v) is 3.13. The molecule has 0 saturated carbocycles. The Morgan fingerprint density at radius 3 is 2.05 bits per heavy atom. The monoisotopic (exact) mass is 254 g/mol. The normalized spacial score (nSPS) is 13.8. The highest BCUT2D eigenvalue weighted by molar-refractivity contribution is 5.38. The molecule has 0 amide bonds. The first-order chi connectivity index (χ1) is 9.20. The highest BCUT2D eigenvalue weighted by Crippen LogP contribution is 2.29. The number of benzene rings is 2. The third-order valence-electron chi connectivity index (χ3n) is 3.13. The molecule has 0 saturated heterocycles. The van der Waals surface area contributed by atoms with Gasteiger partial charge in [-0.25, -0.2) is 0 Å². The Balaban J connectivity index is 2.31. The smallest absolute Gasteiger partial charge is 0.118 e. The fourth-order valence-corrected chi connectivity index (χ4v) is 2.19. The van der Waals surface area contributed by atoms with Crippen molar-refractivity contribution < 1.29 is 4.74 Å². The van der Waals surface area contributed by atoms with Gasteiger partial charge in [-0.15, -0.1) is 0 Å². The summed E-state index contributed by atoms with van der Waals surface area (Å²) in [5, 5.41) is 0. The summed E-state index contributed by atoms with van der Waals surface area (Å²) in [5.74, 6) is 1.09. The molecule has 2 atom stereocenters. The van der Waals surface area contributed by atoms with Crippen LogP contribution >= 0.6 is 0 Å². The lowest BCUT2D eigenvalue weighted by atomic mass is 9.86. The van der Waals surface area contributed by atoms with Crippen LogP contribution in [-0.4, -0.2) is 13.2 Å². The highest BCUT2D eigenvalue weighted by Gasteiger charge is 2.16. The van der Waals surface area contributed by atoms with Gasteiger partial charge in [0.25, 0.3) is 0 Å². The second-order valence-electron chi connectivity index (χ2n) is 4.71. The van der Waals surface area contributed by atoms with Crippen LogP contribution < -0.4 is 10.5 Å². The topological polar surface area (TPSA) is 35.2 Å². The summed E-state index contributed by atoms with van der Waals surface area (Å²) in [6.07, 6.45) is 2.16. The summed E-state index contributed by atoms with van der Waals surface area (Å²) in [7, 11) is 1.68. The van der Waals surface area contributed by atoms with E-state index >= 15 is 0 Å². The largest absolute Gasteiger partial charge is 0.497 e. The molecular weight excluding hydrogens is 234 g/mol. The lowest BCUT2D eigenvalue weighted by Crippen LogP contribution is -2.20. The Morgan fingerprint density at radius 1 is 0.947 bits per heavy atom. The van der Waals surface area contributed by atoms with Crippen LogP contribution in [0.15, 0.2) is 54.6 Å². The second kappa shape index (κ2) is 6.39. The van der Waals surface area contributed by atoms with Crippen molar-refractivity contribution in [3.8, 4) is 5.75 Å². The molecule has 2 aromatic rings. The van der Waals surface area contributed by atoms with Crippen molar-refractivity contribution in [3.05, 3.63) is 72.1 Å². The lowest BCUT2D eigenvalue weighted by Gasteiger charge is -2.20. The lowest BCUT2D eigenvalue weighted by molar-refractivity contribution is 0.414. The van der Waals surface area contributed by atoms with E-state index in [4.69, 9.17) is 10.5 Å². The van der Waals surface area contributed by atoms with E-state index in [1.54, 1.807) is 7.11 Å². The highest BCUT2D eigenvalue weighted by atomic mass is 16.5. The molecule has 2 aromatic carbocycles. The Kier molecular flexibility index (Phi) is 4.58. The minimum atomic E-state index is 0.0484. The summed E-state index contributed by atoms with van der Waals surface area (Å²) in [5.41, 5.74) is 8.42. The van der Waals surface area contributed by atoms with Crippen LogP contribution in [0, 0.1) is 6.42 Å². The molecule has 0 aliphatic heterocycles. The van der Waals surface area contributed by atoms with Gasteiger partial charge in [0, 0.05) is 12.0 Å². The molecule has 0 heterocycles. The molecule has 2 N–H and O–H groups in total. The fourth-order valence-electron chi connectivity index (χ4n) is 2.19. The van der Waals surface area contributed by atoms with Crippen molar-refractivity contribution in [2.75, 3.05) is 7.11 Å². The standard InChI is InChI=1S/C17H20NO/c1-13(18)12-17(14-6-4-3-5-7-14)15-8-10-16(19-2)11-9-15/h3-13,17H,18H2,1-2H3. The Labute approximate surface area is 115 Å². The molecule has 1 radical (unpaired) electrons. The molecule has 2 nitrogen and oxygen atoms in total. The van der Waals surface area contributed by atoms with Gasteiger partial charge in [0.05, 0.1) is 7.11 Å². The average molecular weight is 254 g/mol. The van der Waals surface area contributed by atoms with Crippen LogP contribution in [0.2, 0.25) is 0 Å². The van der Waals surface area contributed by atoms with Crippen molar-refractivity contribution in [2.45, 2.75) is 18.9 Å². The average Bonchev–Trinajstić information content (AvgIpc) is 2.46. The second-order valence-corrected chi connectivity index (χ2v) is 4.71. The first-order valence-electron chi connectivity index (χ1n) is 6.50. The molecule has 19 heavy (non-hydrogen) atoms. The van der Waals surface area contributed by atoms with E-state index in [0.717, 1.165) is 5.75 Å². The molecule has 0 bridgehead atoms. The Hall–Kier alpha value is -1.80. The van der Waals surface area contributed by atoms with E-state index < -0.39 is 0 Å². The molecule has 0 spiro atoms. The zero-order valence-electron chi connectivity index (χ0n) is 11.4. The van der Waals surface area contributed by atoms with Crippen LogP contribution in [0.1, 0.15) is 24.0 Å². The van der Waals surface area contributed by atoms with Gasteiger partial charge in [-0.1, -0.05) is 42.5 Å². The zero-order chi connectivity index (χ0) is 13.7. The first-order valence-corrected chi connectivity index (χ1v) is 6.50. The van der Waals surface area contributed by atoms with Gasteiger partial charge < -0.3 is 10.5 Å². The zero-order valence-corrected chi connectivity index (χ0v) is 11.4. The van der Waals surface area contributed by atoms with E-state index in [2.05, 4.69) is 42.8 Å². The van der Waals surface area contributed by atoms with Crippen LogP contribution in [0.3, 0.4) is 0 Å². The van der Waals surface area contributed by atoms with Crippen molar-refractivity contribution in [1.29, 1.82) is 0 Å². The van der Waals surface area contributed by atoms with E-state index in [9.17, 15) is 0 Å². The molecular formula is C17H20NO. The van der Waals surface area contributed by atoms with Crippen molar-refractivity contribution >= 4 is 0 Å². The number of nitrogens with two attached hydrogens (primary N) is 1. The third kappa shape index (κ3) is 3.58. The maximum absolute atomic E-state index is 5.94. The van der Waals surface area contributed by atoms with Gasteiger partial charge in [0.15, 0.2) is 0 Å². The van der Waals surface area contributed by atoms with Crippen molar-refractivity contribution in [2.24, 2.45) is 5.73 Å². The maximum atomic E-state index is 5.94. The van der Waals surface area contributed by atoms with Gasteiger partial charge in [-0.05, 0) is 36.6 Å². The summed E-state index contributed by atoms with van der Waals surface area (Å²) >= 11 is 0. The molecule has 99 valence electrons. The fraction of sp³-hybridized carbons (Fsp3) is 0.235. The summed E-state index contributed by atoms with van der Waals surface area (Å²) in [6, 6.07) is 18.6. The van der Waals surface area contributed by atoms with E-state index in [1.165, 1.54) is 11.1 Å². The predicted molar refractivity (Wildman–Crippen MR) is 79.2 cm³/mol. The van der Waals surface area contributed by atoms with Gasteiger partial charge in [-0.3, -0.25) is 0 Å². The van der Waals surface area contributed by atoms with Gasteiger partial charge in [-0.2, -0.15) is 0 Å². The summed E-state index contributed by atoms with van der Waals surface area (Å²) < 4.78 is 5.20. The summed E-state index contributed by atoms with van der Waals surface area (Å²) in [6.45, 7) is 2.00.